The second-order valence-corrected chi connectivity index (χ2v) is 5.47. The maximum Gasteiger partial charge on any atom is 0.251 e. The summed E-state index contributed by atoms with van der Waals surface area (Å²) in [5.74, 6) is -0.320. The predicted octanol–water partition coefficient (Wildman–Crippen LogP) is 3.95. The highest BCUT2D eigenvalue weighted by molar-refractivity contribution is 9.10. The molecule has 0 spiro atoms. The van der Waals surface area contributed by atoms with Crippen LogP contribution in [0.15, 0.2) is 63.9 Å². The fourth-order valence-electron chi connectivity index (χ4n) is 2.23. The molecule has 0 amide bonds. The highest BCUT2D eigenvalue weighted by Gasteiger charge is 2.07. The third-order valence-electron chi connectivity index (χ3n) is 3.24. The average Bonchev–Trinajstić information content (AvgIpc) is 2.44. The largest absolute Gasteiger partial charge is 0.304 e. The fourth-order valence-corrected chi connectivity index (χ4v) is 2.56. The van der Waals surface area contributed by atoms with Gasteiger partial charge in [0.25, 0.3) is 5.56 Å². The van der Waals surface area contributed by atoms with Crippen LogP contribution in [0.2, 0.25) is 0 Å². The number of hydrogen-bond donors (Lipinski definition) is 0. The van der Waals surface area contributed by atoms with Gasteiger partial charge in [-0.2, -0.15) is 0 Å². The molecule has 0 saturated heterocycles. The lowest BCUT2D eigenvalue weighted by atomic mass is 10.1. The van der Waals surface area contributed by atoms with Gasteiger partial charge < -0.3 is 4.57 Å². The van der Waals surface area contributed by atoms with E-state index in [0.717, 1.165) is 10.9 Å². The van der Waals surface area contributed by atoms with E-state index in [2.05, 4.69) is 15.9 Å². The highest BCUT2D eigenvalue weighted by atomic mass is 79.9. The zero-order chi connectivity index (χ0) is 14.1. The molecule has 0 unspecified atom stereocenters. The normalized spacial score (nSPS) is 10.9. The van der Waals surface area contributed by atoms with Crippen LogP contribution in [0.25, 0.3) is 10.9 Å². The molecule has 0 bridgehead atoms. The molecule has 20 heavy (non-hydrogen) atoms. The lowest BCUT2D eigenvalue weighted by Crippen LogP contribution is -2.20. The molecule has 0 saturated carbocycles. The summed E-state index contributed by atoms with van der Waals surface area (Å²) in [6.45, 7) is 0.222. The molecule has 2 aromatic carbocycles. The van der Waals surface area contributed by atoms with E-state index in [9.17, 15) is 9.18 Å². The molecule has 4 heteroatoms. The maximum absolute atomic E-state index is 13.9. The van der Waals surface area contributed by atoms with Gasteiger partial charge in [0.2, 0.25) is 0 Å². The standard InChI is InChI=1S/C16H11BrFNO/c17-13-7-5-12(14(18)9-13)10-19-15-4-2-1-3-11(15)6-8-16(19)20/h1-9H,10H2. The van der Waals surface area contributed by atoms with Crippen molar-refractivity contribution in [3.8, 4) is 0 Å². The third kappa shape index (κ3) is 2.39. The second kappa shape index (κ2) is 5.21. The Labute approximate surface area is 123 Å². The monoisotopic (exact) mass is 331 g/mol. The number of benzene rings is 2. The van der Waals surface area contributed by atoms with E-state index in [4.69, 9.17) is 0 Å². The van der Waals surface area contributed by atoms with Crippen molar-refractivity contribution >= 4 is 26.8 Å². The molecule has 1 aromatic heterocycles. The molecule has 0 aliphatic heterocycles. The van der Waals surface area contributed by atoms with Crippen LogP contribution in [-0.2, 0) is 6.54 Å². The fraction of sp³-hybridized carbons (Fsp3) is 0.0625. The first kappa shape index (κ1) is 13.1. The van der Waals surface area contributed by atoms with E-state index in [1.165, 1.54) is 12.1 Å². The predicted molar refractivity (Wildman–Crippen MR) is 81.4 cm³/mol. The summed E-state index contributed by atoms with van der Waals surface area (Å²) in [6.07, 6.45) is 0. The summed E-state index contributed by atoms with van der Waals surface area (Å²) in [6, 6.07) is 15.8. The van der Waals surface area contributed by atoms with Gasteiger partial charge in [0, 0.05) is 16.1 Å². The van der Waals surface area contributed by atoms with Crippen molar-refractivity contribution < 1.29 is 4.39 Å². The topological polar surface area (TPSA) is 22.0 Å². The molecule has 3 rings (SSSR count). The van der Waals surface area contributed by atoms with Crippen molar-refractivity contribution in [3.05, 3.63) is 80.8 Å². The summed E-state index contributed by atoms with van der Waals surface area (Å²) in [7, 11) is 0. The molecule has 0 atom stereocenters. The van der Waals surface area contributed by atoms with Gasteiger partial charge in [0.1, 0.15) is 5.82 Å². The van der Waals surface area contributed by atoms with Crippen LogP contribution < -0.4 is 5.56 Å². The molecular formula is C16H11BrFNO. The summed E-state index contributed by atoms with van der Waals surface area (Å²) in [5.41, 5.74) is 1.17. The van der Waals surface area contributed by atoms with E-state index in [0.29, 0.717) is 10.0 Å². The van der Waals surface area contributed by atoms with Gasteiger partial charge in [0.05, 0.1) is 12.1 Å². The summed E-state index contributed by atoms with van der Waals surface area (Å²) >= 11 is 3.23. The zero-order valence-electron chi connectivity index (χ0n) is 10.5. The number of pyridine rings is 1. The number of hydrogen-bond acceptors (Lipinski definition) is 1. The summed E-state index contributed by atoms with van der Waals surface area (Å²) in [5, 5.41) is 0.963. The molecule has 0 N–H and O–H groups in total. The molecule has 0 radical (unpaired) electrons. The molecule has 0 aliphatic rings. The minimum Gasteiger partial charge on any atom is -0.304 e. The second-order valence-electron chi connectivity index (χ2n) is 4.55. The summed E-state index contributed by atoms with van der Waals surface area (Å²) in [4.78, 5) is 12.0. The minimum atomic E-state index is -0.320. The van der Waals surface area contributed by atoms with E-state index >= 15 is 0 Å². The van der Waals surface area contributed by atoms with Crippen molar-refractivity contribution in [1.82, 2.24) is 4.57 Å². The Kier molecular flexibility index (Phi) is 3.40. The molecular weight excluding hydrogens is 321 g/mol. The highest BCUT2D eigenvalue weighted by Crippen LogP contribution is 2.18. The first-order valence-electron chi connectivity index (χ1n) is 6.18. The van der Waals surface area contributed by atoms with Gasteiger partial charge >= 0.3 is 0 Å². The number of nitrogens with zero attached hydrogens (tertiary/aromatic N) is 1. The number of para-hydroxylation sites is 1. The number of fused-ring (bicyclic) bond motifs is 1. The number of rotatable bonds is 2. The van der Waals surface area contributed by atoms with Gasteiger partial charge in [-0.3, -0.25) is 4.79 Å². The molecule has 100 valence electrons. The van der Waals surface area contributed by atoms with Crippen LogP contribution in [-0.4, -0.2) is 4.57 Å². The lowest BCUT2D eigenvalue weighted by molar-refractivity contribution is 0.598. The third-order valence-corrected chi connectivity index (χ3v) is 3.74. The Hall–Kier alpha value is -1.94. The Morgan fingerprint density at radius 1 is 1.05 bits per heavy atom. The van der Waals surface area contributed by atoms with Crippen LogP contribution in [0.4, 0.5) is 4.39 Å². The molecule has 1 heterocycles. The van der Waals surface area contributed by atoms with Gasteiger partial charge in [0.15, 0.2) is 0 Å². The maximum atomic E-state index is 13.9. The van der Waals surface area contributed by atoms with Gasteiger partial charge in [-0.05, 0) is 29.7 Å². The van der Waals surface area contributed by atoms with Crippen LogP contribution in [0.1, 0.15) is 5.56 Å². The first-order chi connectivity index (χ1) is 9.65. The minimum absolute atomic E-state index is 0.133. The van der Waals surface area contributed by atoms with Crippen molar-refractivity contribution in [2.75, 3.05) is 0 Å². The Bertz CT molecular complexity index is 841. The van der Waals surface area contributed by atoms with E-state index in [1.807, 2.05) is 24.3 Å². The zero-order valence-corrected chi connectivity index (χ0v) is 12.1. The smallest absolute Gasteiger partial charge is 0.251 e. The van der Waals surface area contributed by atoms with Crippen molar-refractivity contribution in [3.63, 3.8) is 0 Å². The first-order valence-corrected chi connectivity index (χ1v) is 6.97. The van der Waals surface area contributed by atoms with E-state index in [-0.39, 0.29) is 17.9 Å². The van der Waals surface area contributed by atoms with Gasteiger partial charge in [-0.25, -0.2) is 4.39 Å². The number of halogens is 2. The quantitative estimate of drug-likeness (QED) is 0.696. The Balaban J connectivity index is 2.15. The molecule has 0 aliphatic carbocycles. The van der Waals surface area contributed by atoms with Crippen molar-refractivity contribution in [1.29, 1.82) is 0 Å². The van der Waals surface area contributed by atoms with E-state index < -0.39 is 0 Å². The molecule has 2 nitrogen and oxygen atoms in total. The Morgan fingerprint density at radius 2 is 1.85 bits per heavy atom. The van der Waals surface area contributed by atoms with E-state index in [1.54, 1.807) is 22.8 Å². The number of aromatic nitrogens is 1. The van der Waals surface area contributed by atoms with Gasteiger partial charge in [-0.1, -0.05) is 40.2 Å². The average molecular weight is 332 g/mol. The summed E-state index contributed by atoms with van der Waals surface area (Å²) < 4.78 is 16.2. The van der Waals surface area contributed by atoms with Gasteiger partial charge in [-0.15, -0.1) is 0 Å². The van der Waals surface area contributed by atoms with Crippen molar-refractivity contribution in [2.45, 2.75) is 6.54 Å². The molecule has 0 fully saturated rings. The van der Waals surface area contributed by atoms with Crippen LogP contribution in [0, 0.1) is 5.82 Å². The Morgan fingerprint density at radius 3 is 2.65 bits per heavy atom. The SMILES string of the molecule is O=c1ccc2ccccc2n1Cc1ccc(Br)cc1F. The molecule has 3 aromatic rings. The van der Waals surface area contributed by atoms with Crippen LogP contribution in [0.5, 0.6) is 0 Å². The van der Waals surface area contributed by atoms with Crippen molar-refractivity contribution in [2.24, 2.45) is 0 Å². The van der Waals surface area contributed by atoms with Crippen LogP contribution in [0.3, 0.4) is 0 Å². The van der Waals surface area contributed by atoms with Crippen LogP contribution >= 0.6 is 15.9 Å². The lowest BCUT2D eigenvalue weighted by Gasteiger charge is -2.11.